The van der Waals surface area contributed by atoms with Crippen molar-refractivity contribution in [2.75, 3.05) is 13.1 Å². The minimum atomic E-state index is -3.93. The van der Waals surface area contributed by atoms with Crippen LogP contribution >= 0.6 is 12.4 Å². The molecule has 19 heavy (non-hydrogen) atoms. The van der Waals surface area contributed by atoms with Gasteiger partial charge in [0, 0.05) is 25.2 Å². The van der Waals surface area contributed by atoms with Crippen LogP contribution in [0.25, 0.3) is 0 Å². The van der Waals surface area contributed by atoms with Gasteiger partial charge in [0.1, 0.15) is 16.5 Å². The number of sulfonamides is 1. The van der Waals surface area contributed by atoms with Crippen LogP contribution in [0.5, 0.6) is 0 Å². The maximum Gasteiger partial charge on any atom is 0.246 e. The fourth-order valence-electron chi connectivity index (χ4n) is 2.02. The molecule has 1 aromatic carbocycles. The molecule has 0 bridgehead atoms. The second-order valence-corrected chi connectivity index (χ2v) is 6.25. The lowest BCUT2D eigenvalue weighted by Crippen LogP contribution is -2.45. The summed E-state index contributed by atoms with van der Waals surface area (Å²) in [6.07, 6.45) is 1.39. The zero-order valence-corrected chi connectivity index (χ0v) is 11.7. The predicted octanol–water partition coefficient (Wildman–Crippen LogP) is 1.50. The Labute approximate surface area is 117 Å². The average molecular weight is 313 g/mol. The SMILES string of the molecule is Cl.NC1CCCN(S(=O)(=O)c2ccc(F)cc2F)C1. The van der Waals surface area contributed by atoms with Crippen molar-refractivity contribution in [3.05, 3.63) is 29.8 Å². The highest BCUT2D eigenvalue weighted by atomic mass is 35.5. The lowest BCUT2D eigenvalue weighted by Gasteiger charge is -2.29. The zero-order valence-electron chi connectivity index (χ0n) is 10.1. The van der Waals surface area contributed by atoms with Crippen LogP contribution in [0, 0.1) is 11.6 Å². The largest absolute Gasteiger partial charge is 0.327 e. The van der Waals surface area contributed by atoms with E-state index < -0.39 is 26.6 Å². The molecule has 1 fully saturated rings. The van der Waals surface area contributed by atoms with Crippen molar-refractivity contribution in [2.24, 2.45) is 5.73 Å². The molecule has 0 saturated carbocycles. The highest BCUT2D eigenvalue weighted by Gasteiger charge is 2.30. The molecule has 1 atom stereocenters. The van der Waals surface area contributed by atoms with Gasteiger partial charge in [-0.15, -0.1) is 12.4 Å². The molecule has 1 heterocycles. The van der Waals surface area contributed by atoms with E-state index in [9.17, 15) is 17.2 Å². The van der Waals surface area contributed by atoms with Crippen LogP contribution in [0.1, 0.15) is 12.8 Å². The van der Waals surface area contributed by atoms with E-state index in [0.29, 0.717) is 19.0 Å². The molecule has 4 nitrogen and oxygen atoms in total. The first-order chi connectivity index (χ1) is 8.41. The van der Waals surface area contributed by atoms with Gasteiger partial charge >= 0.3 is 0 Å². The summed E-state index contributed by atoms with van der Waals surface area (Å²) in [6, 6.07) is 2.20. The van der Waals surface area contributed by atoms with E-state index in [-0.39, 0.29) is 25.0 Å². The Morgan fingerprint density at radius 1 is 1.32 bits per heavy atom. The molecule has 0 aromatic heterocycles. The van der Waals surface area contributed by atoms with E-state index in [2.05, 4.69) is 0 Å². The Balaban J connectivity index is 0.00000180. The standard InChI is InChI=1S/C11H14F2N2O2S.ClH/c12-8-3-4-11(10(13)6-8)18(16,17)15-5-1-2-9(14)7-15;/h3-4,6,9H,1-2,5,7,14H2;1H. The monoisotopic (exact) mass is 312 g/mol. The molecule has 1 aliphatic heterocycles. The van der Waals surface area contributed by atoms with Crippen molar-refractivity contribution in [1.82, 2.24) is 4.31 Å². The Bertz CT molecular complexity index is 554. The molecule has 8 heteroatoms. The van der Waals surface area contributed by atoms with Crippen LogP contribution in [0.15, 0.2) is 23.1 Å². The van der Waals surface area contributed by atoms with E-state index in [1.807, 2.05) is 0 Å². The van der Waals surface area contributed by atoms with Crippen molar-refractivity contribution >= 4 is 22.4 Å². The molecule has 0 aliphatic carbocycles. The van der Waals surface area contributed by atoms with E-state index in [1.54, 1.807) is 0 Å². The number of benzene rings is 1. The van der Waals surface area contributed by atoms with Crippen LogP contribution < -0.4 is 5.73 Å². The third kappa shape index (κ3) is 3.42. The molecule has 0 amide bonds. The smallest absolute Gasteiger partial charge is 0.246 e. The van der Waals surface area contributed by atoms with Gasteiger partial charge in [-0.2, -0.15) is 4.31 Å². The summed E-state index contributed by atoms with van der Waals surface area (Å²) in [7, 11) is -3.93. The quantitative estimate of drug-likeness (QED) is 0.900. The zero-order chi connectivity index (χ0) is 13.3. The van der Waals surface area contributed by atoms with Crippen molar-refractivity contribution in [3.8, 4) is 0 Å². The molecule has 1 unspecified atom stereocenters. The molecular weight excluding hydrogens is 298 g/mol. The van der Waals surface area contributed by atoms with E-state index in [4.69, 9.17) is 5.73 Å². The minimum Gasteiger partial charge on any atom is -0.327 e. The first kappa shape index (κ1) is 16.3. The van der Waals surface area contributed by atoms with Crippen LogP contribution in [0.4, 0.5) is 8.78 Å². The summed E-state index contributed by atoms with van der Waals surface area (Å²) in [4.78, 5) is -0.502. The van der Waals surface area contributed by atoms with Crippen molar-refractivity contribution in [1.29, 1.82) is 0 Å². The van der Waals surface area contributed by atoms with Crippen LogP contribution in [0.2, 0.25) is 0 Å². The Kier molecular flexibility index (Phi) is 5.26. The number of hydrogen-bond acceptors (Lipinski definition) is 3. The molecule has 2 rings (SSSR count). The van der Waals surface area contributed by atoms with Gasteiger partial charge in [-0.05, 0) is 25.0 Å². The van der Waals surface area contributed by atoms with Gasteiger partial charge in [0.15, 0.2) is 0 Å². The summed E-state index contributed by atoms with van der Waals surface area (Å²) in [5, 5.41) is 0. The fraction of sp³-hybridized carbons (Fsp3) is 0.455. The lowest BCUT2D eigenvalue weighted by atomic mass is 10.1. The molecule has 0 radical (unpaired) electrons. The molecule has 1 aliphatic rings. The maximum atomic E-state index is 13.5. The van der Waals surface area contributed by atoms with Crippen LogP contribution in [-0.4, -0.2) is 31.9 Å². The minimum absolute atomic E-state index is 0. The molecule has 108 valence electrons. The maximum absolute atomic E-state index is 13.5. The number of rotatable bonds is 2. The van der Waals surface area contributed by atoms with Gasteiger partial charge in [-0.3, -0.25) is 0 Å². The Morgan fingerprint density at radius 2 is 2.00 bits per heavy atom. The van der Waals surface area contributed by atoms with Crippen LogP contribution in [0.3, 0.4) is 0 Å². The highest BCUT2D eigenvalue weighted by Crippen LogP contribution is 2.22. The lowest BCUT2D eigenvalue weighted by molar-refractivity contribution is 0.315. The third-order valence-electron chi connectivity index (χ3n) is 2.93. The van der Waals surface area contributed by atoms with Crippen LogP contribution in [-0.2, 0) is 10.0 Å². The number of nitrogens with two attached hydrogens (primary N) is 1. The molecule has 0 spiro atoms. The summed E-state index contributed by atoms with van der Waals surface area (Å²) in [6.45, 7) is 0.478. The third-order valence-corrected chi connectivity index (χ3v) is 4.83. The number of nitrogens with zero attached hydrogens (tertiary/aromatic N) is 1. The van der Waals surface area contributed by atoms with E-state index in [1.165, 1.54) is 0 Å². The number of hydrogen-bond donors (Lipinski definition) is 1. The van der Waals surface area contributed by atoms with Crippen molar-refractivity contribution in [2.45, 2.75) is 23.8 Å². The molecule has 1 saturated heterocycles. The number of piperidine rings is 1. The Hall–Kier alpha value is -0.760. The normalized spacial score (nSPS) is 20.9. The summed E-state index contributed by atoms with van der Waals surface area (Å²) in [5.74, 6) is -1.88. The van der Waals surface area contributed by atoms with Gasteiger partial charge in [-0.1, -0.05) is 0 Å². The summed E-state index contributed by atoms with van der Waals surface area (Å²) >= 11 is 0. The second kappa shape index (κ2) is 6.13. The molecule has 2 N–H and O–H groups in total. The van der Waals surface area contributed by atoms with Gasteiger partial charge in [0.2, 0.25) is 10.0 Å². The Morgan fingerprint density at radius 3 is 2.58 bits per heavy atom. The fourth-order valence-corrected chi connectivity index (χ4v) is 3.60. The number of halogens is 3. The summed E-state index contributed by atoms with van der Waals surface area (Å²) in [5.41, 5.74) is 5.70. The van der Waals surface area contributed by atoms with Crippen molar-refractivity contribution in [3.63, 3.8) is 0 Å². The molecule has 1 aromatic rings. The first-order valence-electron chi connectivity index (χ1n) is 5.62. The van der Waals surface area contributed by atoms with Gasteiger partial charge in [-0.25, -0.2) is 17.2 Å². The first-order valence-corrected chi connectivity index (χ1v) is 7.06. The molecular formula is C11H15ClF2N2O2S. The topological polar surface area (TPSA) is 63.4 Å². The van der Waals surface area contributed by atoms with Gasteiger partial charge in [0.25, 0.3) is 0 Å². The van der Waals surface area contributed by atoms with Gasteiger partial charge < -0.3 is 5.73 Å². The highest BCUT2D eigenvalue weighted by molar-refractivity contribution is 7.89. The van der Waals surface area contributed by atoms with E-state index >= 15 is 0 Å². The average Bonchev–Trinajstić information content (AvgIpc) is 2.28. The predicted molar refractivity (Wildman–Crippen MR) is 69.6 cm³/mol. The van der Waals surface area contributed by atoms with E-state index in [0.717, 1.165) is 22.9 Å². The second-order valence-electron chi connectivity index (χ2n) is 4.34. The van der Waals surface area contributed by atoms with Gasteiger partial charge in [0.05, 0.1) is 0 Å². The summed E-state index contributed by atoms with van der Waals surface area (Å²) < 4.78 is 51.8. The van der Waals surface area contributed by atoms with Crippen molar-refractivity contribution < 1.29 is 17.2 Å².